The first kappa shape index (κ1) is 14.2. The minimum atomic E-state index is -3.30. The van der Waals surface area contributed by atoms with Gasteiger partial charge in [-0.25, -0.2) is 8.42 Å². The maximum absolute atomic E-state index is 12.5. The maximum Gasteiger partial charge on any atom is 0.217 e. The van der Waals surface area contributed by atoms with Crippen LogP contribution in [0.4, 0.5) is 0 Å². The van der Waals surface area contributed by atoms with Crippen molar-refractivity contribution in [1.29, 1.82) is 0 Å². The molecule has 2 aliphatic rings. The molecule has 0 amide bonds. The number of nitrogens with zero attached hydrogens (tertiary/aromatic N) is 1. The van der Waals surface area contributed by atoms with Gasteiger partial charge in [0.05, 0.1) is 24.1 Å². The Labute approximate surface area is 108 Å². The molecule has 106 valence electrons. The number of hydrogen-bond donors (Lipinski definition) is 1. The van der Waals surface area contributed by atoms with Crippen molar-refractivity contribution in [1.82, 2.24) is 4.31 Å². The van der Waals surface area contributed by atoms with Crippen LogP contribution in [0.2, 0.25) is 0 Å². The van der Waals surface area contributed by atoms with Crippen molar-refractivity contribution >= 4 is 10.0 Å². The number of rotatable bonds is 3. The minimum Gasteiger partial charge on any atom is -0.394 e. The largest absolute Gasteiger partial charge is 0.394 e. The Balaban J connectivity index is 2.08. The van der Waals surface area contributed by atoms with Crippen molar-refractivity contribution in [2.75, 3.05) is 32.9 Å². The monoisotopic (exact) mass is 279 g/mol. The van der Waals surface area contributed by atoms with Crippen LogP contribution >= 0.6 is 0 Å². The predicted octanol–water partition coefficient (Wildman–Crippen LogP) is -0.423. The average molecular weight is 279 g/mol. The van der Waals surface area contributed by atoms with Crippen molar-refractivity contribution in [3.63, 3.8) is 0 Å². The summed E-state index contributed by atoms with van der Waals surface area (Å²) in [7, 11) is -3.30. The SMILES string of the molecule is CC1CN(S(=O)(=O)C2CCOCC2)CC(CO)O1. The van der Waals surface area contributed by atoms with Gasteiger partial charge in [-0.05, 0) is 19.8 Å². The van der Waals surface area contributed by atoms with E-state index in [1.54, 1.807) is 0 Å². The van der Waals surface area contributed by atoms with E-state index in [1.807, 2.05) is 6.92 Å². The zero-order chi connectivity index (χ0) is 13.2. The molecule has 0 aromatic rings. The highest BCUT2D eigenvalue weighted by Crippen LogP contribution is 2.23. The molecule has 2 rings (SSSR count). The summed E-state index contributed by atoms with van der Waals surface area (Å²) < 4.78 is 37.1. The molecule has 2 atom stereocenters. The second kappa shape index (κ2) is 5.83. The Bertz CT molecular complexity index is 366. The van der Waals surface area contributed by atoms with Gasteiger partial charge in [0.15, 0.2) is 0 Å². The molecule has 0 saturated carbocycles. The van der Waals surface area contributed by atoms with Crippen LogP contribution in [0.5, 0.6) is 0 Å². The molecule has 0 aromatic carbocycles. The van der Waals surface area contributed by atoms with Crippen LogP contribution in [-0.4, -0.2) is 68.2 Å². The van der Waals surface area contributed by atoms with Gasteiger partial charge < -0.3 is 14.6 Å². The number of hydrogen-bond acceptors (Lipinski definition) is 5. The van der Waals surface area contributed by atoms with Gasteiger partial charge in [-0.3, -0.25) is 0 Å². The molecule has 2 fully saturated rings. The van der Waals surface area contributed by atoms with Crippen molar-refractivity contribution in [2.45, 2.75) is 37.2 Å². The van der Waals surface area contributed by atoms with Gasteiger partial charge in [-0.15, -0.1) is 0 Å². The van der Waals surface area contributed by atoms with E-state index in [2.05, 4.69) is 0 Å². The fraction of sp³-hybridized carbons (Fsp3) is 1.00. The molecule has 7 heteroatoms. The van der Waals surface area contributed by atoms with E-state index in [9.17, 15) is 8.42 Å². The van der Waals surface area contributed by atoms with Crippen LogP contribution in [0.15, 0.2) is 0 Å². The summed E-state index contributed by atoms with van der Waals surface area (Å²) in [4.78, 5) is 0. The normalized spacial score (nSPS) is 32.6. The van der Waals surface area contributed by atoms with E-state index in [4.69, 9.17) is 14.6 Å². The number of aliphatic hydroxyl groups excluding tert-OH is 1. The second-order valence-corrected chi connectivity index (χ2v) is 7.14. The summed E-state index contributed by atoms with van der Waals surface area (Å²) in [5.74, 6) is 0. The first-order valence-corrected chi connectivity index (χ1v) is 7.87. The lowest BCUT2D eigenvalue weighted by molar-refractivity contribution is -0.0754. The third kappa shape index (κ3) is 3.03. The van der Waals surface area contributed by atoms with E-state index in [1.165, 1.54) is 4.31 Å². The van der Waals surface area contributed by atoms with Crippen LogP contribution in [0.3, 0.4) is 0 Å². The Kier molecular flexibility index (Phi) is 4.60. The summed E-state index contributed by atoms with van der Waals surface area (Å²) in [6.45, 7) is 3.32. The molecule has 0 aromatic heterocycles. The third-order valence-electron chi connectivity index (χ3n) is 3.45. The number of morpholine rings is 1. The van der Waals surface area contributed by atoms with Crippen LogP contribution in [-0.2, 0) is 19.5 Å². The Morgan fingerprint density at radius 2 is 1.94 bits per heavy atom. The molecule has 0 aliphatic carbocycles. The lowest BCUT2D eigenvalue weighted by Gasteiger charge is -2.37. The van der Waals surface area contributed by atoms with Gasteiger partial charge >= 0.3 is 0 Å². The number of aliphatic hydroxyl groups is 1. The summed E-state index contributed by atoms with van der Waals surface area (Å²) in [6, 6.07) is 0. The number of sulfonamides is 1. The van der Waals surface area contributed by atoms with Crippen LogP contribution < -0.4 is 0 Å². The van der Waals surface area contributed by atoms with Gasteiger partial charge in [0.1, 0.15) is 0 Å². The molecule has 2 saturated heterocycles. The van der Waals surface area contributed by atoms with Gasteiger partial charge in [0, 0.05) is 26.3 Å². The van der Waals surface area contributed by atoms with Crippen LogP contribution in [0, 0.1) is 0 Å². The molecule has 6 nitrogen and oxygen atoms in total. The summed E-state index contributed by atoms with van der Waals surface area (Å²) in [5.41, 5.74) is 0. The lowest BCUT2D eigenvalue weighted by Crippen LogP contribution is -2.53. The van der Waals surface area contributed by atoms with E-state index in [-0.39, 0.29) is 24.5 Å². The smallest absolute Gasteiger partial charge is 0.217 e. The molecule has 0 bridgehead atoms. The topological polar surface area (TPSA) is 76.1 Å². The van der Waals surface area contributed by atoms with E-state index >= 15 is 0 Å². The van der Waals surface area contributed by atoms with Crippen molar-refractivity contribution in [3.05, 3.63) is 0 Å². The molecule has 2 heterocycles. The standard InChI is InChI=1S/C11H21NO5S/c1-9-6-12(7-10(8-13)17-9)18(14,15)11-2-4-16-5-3-11/h9-11,13H,2-8H2,1H3. The molecular formula is C11H21NO5S. The minimum absolute atomic E-state index is 0.149. The average Bonchev–Trinajstić information content (AvgIpc) is 2.39. The van der Waals surface area contributed by atoms with E-state index in [0.717, 1.165) is 0 Å². The molecule has 2 aliphatic heterocycles. The molecule has 0 spiro atoms. The van der Waals surface area contributed by atoms with E-state index in [0.29, 0.717) is 32.6 Å². The summed E-state index contributed by atoms with van der Waals surface area (Å²) in [6.07, 6.45) is 0.518. The number of ether oxygens (including phenoxy) is 2. The Hall–Kier alpha value is -0.210. The zero-order valence-corrected chi connectivity index (χ0v) is 11.4. The van der Waals surface area contributed by atoms with Gasteiger partial charge in [0.2, 0.25) is 10.0 Å². The highest BCUT2D eigenvalue weighted by molar-refractivity contribution is 7.89. The van der Waals surface area contributed by atoms with Gasteiger partial charge in [0.25, 0.3) is 0 Å². The highest BCUT2D eigenvalue weighted by atomic mass is 32.2. The van der Waals surface area contributed by atoms with Crippen molar-refractivity contribution < 1.29 is 23.0 Å². The molecule has 1 N–H and O–H groups in total. The second-order valence-electron chi connectivity index (χ2n) is 4.92. The van der Waals surface area contributed by atoms with Crippen LogP contribution in [0.25, 0.3) is 0 Å². The van der Waals surface area contributed by atoms with E-state index < -0.39 is 16.1 Å². The Morgan fingerprint density at radius 3 is 2.56 bits per heavy atom. The fourth-order valence-electron chi connectivity index (χ4n) is 2.50. The van der Waals surface area contributed by atoms with Crippen molar-refractivity contribution in [2.24, 2.45) is 0 Å². The zero-order valence-electron chi connectivity index (χ0n) is 10.6. The van der Waals surface area contributed by atoms with Crippen LogP contribution in [0.1, 0.15) is 19.8 Å². The summed E-state index contributed by atoms with van der Waals surface area (Å²) >= 11 is 0. The first-order chi connectivity index (χ1) is 8.54. The molecule has 2 unspecified atom stereocenters. The molecular weight excluding hydrogens is 258 g/mol. The fourth-order valence-corrected chi connectivity index (χ4v) is 4.50. The lowest BCUT2D eigenvalue weighted by atomic mass is 10.2. The van der Waals surface area contributed by atoms with Crippen molar-refractivity contribution in [3.8, 4) is 0 Å². The quantitative estimate of drug-likeness (QED) is 0.759. The highest BCUT2D eigenvalue weighted by Gasteiger charge is 2.38. The summed E-state index contributed by atoms with van der Waals surface area (Å²) in [5, 5.41) is 8.79. The maximum atomic E-state index is 12.5. The van der Waals surface area contributed by atoms with Gasteiger partial charge in [-0.1, -0.05) is 0 Å². The molecule has 0 radical (unpaired) electrons. The predicted molar refractivity (Wildman–Crippen MR) is 65.8 cm³/mol. The molecule has 18 heavy (non-hydrogen) atoms. The van der Waals surface area contributed by atoms with Gasteiger partial charge in [-0.2, -0.15) is 4.31 Å². The first-order valence-electron chi connectivity index (χ1n) is 6.37. The third-order valence-corrected chi connectivity index (χ3v) is 5.78. The Morgan fingerprint density at radius 1 is 1.28 bits per heavy atom.